The van der Waals surface area contributed by atoms with E-state index in [1.54, 1.807) is 0 Å². The number of hydrogen-bond donors (Lipinski definition) is 2. The number of aromatic amines is 1. The van der Waals surface area contributed by atoms with Crippen LogP contribution in [0.3, 0.4) is 0 Å². The van der Waals surface area contributed by atoms with Crippen molar-refractivity contribution in [3.63, 3.8) is 0 Å². The van der Waals surface area contributed by atoms with Crippen LogP contribution >= 0.6 is 11.5 Å². The average molecular weight is 463 g/mol. The monoisotopic (exact) mass is 462 g/mol. The van der Waals surface area contributed by atoms with Gasteiger partial charge in [-0.15, -0.1) is 0 Å². The first-order valence-electron chi connectivity index (χ1n) is 10.9. The van der Waals surface area contributed by atoms with Crippen molar-refractivity contribution in [2.45, 2.75) is 58.2 Å². The smallest absolute Gasteiger partial charge is 0.387 e. The van der Waals surface area contributed by atoms with Crippen molar-refractivity contribution < 1.29 is 13.5 Å². The normalized spacial score (nSPS) is 20.7. The number of alkyl halides is 2. The average Bonchev–Trinajstić information content (AvgIpc) is 3.26. The van der Waals surface area contributed by atoms with E-state index in [0.29, 0.717) is 34.6 Å². The number of benzene rings is 1. The summed E-state index contributed by atoms with van der Waals surface area (Å²) in [5.41, 5.74) is 9.65. The molecular formula is C23H28F2N4O2S. The van der Waals surface area contributed by atoms with Gasteiger partial charge in [0, 0.05) is 30.2 Å². The number of nitrogens with two attached hydrogens (primary N) is 1. The lowest BCUT2D eigenvalue weighted by Gasteiger charge is -2.36. The Balaban J connectivity index is 1.71. The maximum absolute atomic E-state index is 13.7. The summed E-state index contributed by atoms with van der Waals surface area (Å²) in [6, 6.07) is 2.11. The number of aromatic nitrogens is 1. The summed E-state index contributed by atoms with van der Waals surface area (Å²) in [5, 5.41) is 0.728. The molecule has 1 aromatic heterocycles. The molecule has 2 aliphatic heterocycles. The number of rotatable bonds is 5. The van der Waals surface area contributed by atoms with Gasteiger partial charge in [0.1, 0.15) is 5.00 Å². The van der Waals surface area contributed by atoms with Crippen molar-refractivity contribution in [3.8, 4) is 5.75 Å². The van der Waals surface area contributed by atoms with Crippen molar-refractivity contribution in [3.05, 3.63) is 39.7 Å². The predicted octanol–water partition coefficient (Wildman–Crippen LogP) is 4.59. The minimum absolute atomic E-state index is 0.150. The zero-order valence-electron chi connectivity index (χ0n) is 18.5. The van der Waals surface area contributed by atoms with Gasteiger partial charge in [-0.05, 0) is 74.7 Å². The number of nitrogens with one attached hydrogen (secondary N) is 1. The highest BCUT2D eigenvalue weighted by molar-refractivity contribution is 7.10. The van der Waals surface area contributed by atoms with Gasteiger partial charge in [0.25, 0.3) is 5.56 Å². The second kappa shape index (κ2) is 7.31. The Morgan fingerprint density at radius 1 is 1.31 bits per heavy atom. The molecule has 9 heteroatoms. The summed E-state index contributed by atoms with van der Waals surface area (Å²) in [7, 11) is 0. The van der Waals surface area contributed by atoms with Crippen LogP contribution in [0.2, 0.25) is 0 Å². The lowest BCUT2D eigenvalue weighted by Crippen LogP contribution is -2.42. The largest absolute Gasteiger partial charge is 0.430 e. The van der Waals surface area contributed by atoms with Crippen LogP contribution in [0.5, 0.6) is 5.75 Å². The summed E-state index contributed by atoms with van der Waals surface area (Å²) in [4.78, 5) is 16.7. The molecule has 2 aromatic rings. The van der Waals surface area contributed by atoms with Crippen molar-refractivity contribution in [2.24, 2.45) is 11.7 Å². The maximum atomic E-state index is 13.7. The van der Waals surface area contributed by atoms with Gasteiger partial charge in [-0.2, -0.15) is 8.78 Å². The van der Waals surface area contributed by atoms with Gasteiger partial charge in [0.2, 0.25) is 0 Å². The van der Waals surface area contributed by atoms with E-state index in [1.807, 2.05) is 31.7 Å². The predicted molar refractivity (Wildman–Crippen MR) is 125 cm³/mol. The zero-order chi connectivity index (χ0) is 22.9. The Hall–Kier alpha value is -2.39. The van der Waals surface area contributed by atoms with Gasteiger partial charge in [-0.25, -0.2) is 0 Å². The van der Waals surface area contributed by atoms with E-state index in [2.05, 4.69) is 15.9 Å². The van der Waals surface area contributed by atoms with Gasteiger partial charge in [-0.1, -0.05) is 6.58 Å². The molecule has 1 unspecified atom stereocenters. The molecule has 1 saturated carbocycles. The summed E-state index contributed by atoms with van der Waals surface area (Å²) < 4.78 is 35.5. The number of hydrogen-bond acceptors (Lipinski definition) is 6. The molecule has 0 spiro atoms. The highest BCUT2D eigenvalue weighted by atomic mass is 32.1. The Morgan fingerprint density at radius 3 is 2.62 bits per heavy atom. The van der Waals surface area contributed by atoms with E-state index in [0.717, 1.165) is 36.4 Å². The van der Waals surface area contributed by atoms with Crippen molar-refractivity contribution in [1.82, 2.24) is 4.37 Å². The standard InChI is InChI=1S/C23H28F2N4O2S/c1-11-9-15-12(2)16-20(30)27-32-21(16)29(14-5-6-14)18(15)19(31-22(24)25)17(11)28-8-7-13(10-28)23(3,4)26/h9,13-14,22H,2,5-8,10,26H2,1,3-4H3,(H,27,30). The number of halogens is 2. The molecule has 1 atom stereocenters. The van der Waals surface area contributed by atoms with Crippen LogP contribution in [0, 0.1) is 12.8 Å². The SMILES string of the molecule is C=C1c2cc(C)c(N3CCC(C(C)(C)N)C3)c(OC(F)F)c2N(C2CC2)c2s[nH]c(=O)c21. The Bertz CT molecular complexity index is 1150. The van der Waals surface area contributed by atoms with E-state index in [1.165, 1.54) is 11.5 Å². The Labute approximate surface area is 189 Å². The number of anilines is 3. The Kier molecular flexibility index (Phi) is 4.90. The number of ether oxygens (including phenoxy) is 1. The second-order valence-electron chi connectivity index (χ2n) is 9.69. The molecule has 3 aliphatic rings. The van der Waals surface area contributed by atoms with Crippen LogP contribution in [0.1, 0.15) is 49.8 Å². The number of nitrogens with zero attached hydrogens (tertiary/aromatic N) is 2. The summed E-state index contributed by atoms with van der Waals surface area (Å²) in [6.07, 6.45) is 2.75. The lowest BCUT2D eigenvalue weighted by molar-refractivity contribution is -0.0491. The summed E-state index contributed by atoms with van der Waals surface area (Å²) in [6.45, 7) is 8.50. The molecule has 1 aliphatic carbocycles. The highest BCUT2D eigenvalue weighted by Gasteiger charge is 2.43. The van der Waals surface area contributed by atoms with Gasteiger partial charge in [0.05, 0.1) is 16.9 Å². The summed E-state index contributed by atoms with van der Waals surface area (Å²) in [5.74, 6) is 0.415. The molecule has 172 valence electrons. The van der Waals surface area contributed by atoms with Crippen molar-refractivity contribution in [2.75, 3.05) is 22.9 Å². The molecule has 0 amide bonds. The minimum atomic E-state index is -2.97. The fraction of sp³-hybridized carbons (Fsp3) is 0.522. The summed E-state index contributed by atoms with van der Waals surface area (Å²) >= 11 is 1.22. The second-order valence-corrected chi connectivity index (χ2v) is 10.5. The Morgan fingerprint density at radius 2 is 2.03 bits per heavy atom. The third kappa shape index (κ3) is 3.33. The molecular weight excluding hydrogens is 434 g/mol. The van der Waals surface area contributed by atoms with Gasteiger partial charge in [0.15, 0.2) is 5.75 Å². The molecule has 0 bridgehead atoms. The first-order valence-corrected chi connectivity index (χ1v) is 11.8. The molecule has 6 nitrogen and oxygen atoms in total. The van der Waals surface area contributed by atoms with Gasteiger partial charge in [-0.3, -0.25) is 9.17 Å². The van der Waals surface area contributed by atoms with Crippen LogP contribution in [0.25, 0.3) is 5.57 Å². The first kappa shape index (κ1) is 21.5. The molecule has 1 saturated heterocycles. The molecule has 5 rings (SSSR count). The molecule has 1 aromatic carbocycles. The molecule has 3 N–H and O–H groups in total. The van der Waals surface area contributed by atoms with Crippen LogP contribution in [-0.2, 0) is 0 Å². The highest BCUT2D eigenvalue weighted by Crippen LogP contribution is 2.57. The lowest BCUT2D eigenvalue weighted by atomic mass is 9.88. The third-order valence-corrected chi connectivity index (χ3v) is 7.74. The quantitative estimate of drug-likeness (QED) is 0.680. The topological polar surface area (TPSA) is 74.6 Å². The fourth-order valence-electron chi connectivity index (χ4n) is 5.05. The van der Waals surface area contributed by atoms with Crippen molar-refractivity contribution >= 4 is 33.5 Å². The van der Waals surface area contributed by atoms with Crippen LogP contribution < -0.4 is 25.8 Å². The number of H-pyrrole nitrogens is 1. The van der Waals surface area contributed by atoms with Crippen molar-refractivity contribution in [1.29, 1.82) is 0 Å². The molecule has 0 radical (unpaired) electrons. The van der Waals surface area contributed by atoms with E-state index in [-0.39, 0.29) is 28.8 Å². The van der Waals surface area contributed by atoms with Crippen LogP contribution in [0.15, 0.2) is 17.4 Å². The van der Waals surface area contributed by atoms with Gasteiger partial charge >= 0.3 is 6.61 Å². The van der Waals surface area contributed by atoms with E-state index in [9.17, 15) is 13.6 Å². The third-order valence-electron chi connectivity index (χ3n) is 6.86. The first-order chi connectivity index (χ1) is 15.1. The van der Waals surface area contributed by atoms with E-state index in [4.69, 9.17) is 10.5 Å². The zero-order valence-corrected chi connectivity index (χ0v) is 19.3. The minimum Gasteiger partial charge on any atom is -0.430 e. The number of aryl methyl sites for hydroxylation is 1. The van der Waals surface area contributed by atoms with E-state index >= 15 is 0 Å². The molecule has 2 fully saturated rings. The molecule has 32 heavy (non-hydrogen) atoms. The fourth-order valence-corrected chi connectivity index (χ4v) is 6.00. The van der Waals surface area contributed by atoms with E-state index < -0.39 is 6.61 Å². The maximum Gasteiger partial charge on any atom is 0.387 e. The molecule has 3 heterocycles. The van der Waals surface area contributed by atoms with Gasteiger partial charge < -0.3 is 20.3 Å². The van der Waals surface area contributed by atoms with Crippen LogP contribution in [0.4, 0.5) is 25.2 Å². The number of fused-ring (bicyclic) bond motifs is 2. The van der Waals surface area contributed by atoms with Crippen LogP contribution in [-0.4, -0.2) is 35.7 Å².